The van der Waals surface area contributed by atoms with Gasteiger partial charge in [0.25, 0.3) is 0 Å². The fourth-order valence-corrected chi connectivity index (χ4v) is 0. The molecule has 4 heavy (non-hydrogen) atoms. The van der Waals surface area contributed by atoms with Crippen LogP contribution in [0, 0.1) is 0 Å². The molecule has 0 saturated carbocycles. The van der Waals surface area contributed by atoms with E-state index < -0.39 is 0 Å². The van der Waals surface area contributed by atoms with Crippen molar-refractivity contribution < 1.29 is 21.1 Å². The molecule has 0 heterocycles. The van der Waals surface area contributed by atoms with Crippen molar-refractivity contribution in [1.29, 1.82) is 0 Å². The van der Waals surface area contributed by atoms with Crippen molar-refractivity contribution in [3.8, 4) is 0 Å². The van der Waals surface area contributed by atoms with E-state index in [2.05, 4.69) is 15.1 Å². The minimum absolute atomic E-state index is 0. The molecule has 22 valence electrons. The SMILES string of the molecule is [B]P[B].[Pt]. The van der Waals surface area contributed by atoms with Crippen molar-refractivity contribution in [3.05, 3.63) is 0 Å². The summed E-state index contributed by atoms with van der Waals surface area (Å²) < 4.78 is 0. The summed E-state index contributed by atoms with van der Waals surface area (Å²) in [7, 11) is 9.39. The van der Waals surface area contributed by atoms with E-state index in [1.807, 2.05) is 0 Å². The van der Waals surface area contributed by atoms with Gasteiger partial charge in [-0.3, -0.25) is 0 Å². The first-order valence-corrected chi connectivity index (χ1v) is 1.73. The molecule has 0 aliphatic carbocycles. The van der Waals surface area contributed by atoms with Gasteiger partial charge in [0.15, 0.2) is 0 Å². The molecule has 0 rings (SSSR count). The first kappa shape index (κ1) is 8.98. The molecule has 0 unspecified atom stereocenters. The van der Waals surface area contributed by atoms with Crippen LogP contribution < -0.4 is 0 Å². The molecule has 0 atom stereocenters. The molecule has 0 spiro atoms. The van der Waals surface area contributed by atoms with Crippen molar-refractivity contribution in [2.75, 3.05) is 0 Å². The second-order valence-corrected chi connectivity index (χ2v) is 0.500. The summed E-state index contributed by atoms with van der Waals surface area (Å²) in [6.45, 7) is 0. The van der Waals surface area contributed by atoms with E-state index in [-0.39, 0.29) is 29.4 Å². The monoisotopic (exact) mass is 249 g/mol. The Kier molecular flexibility index (Phi) is 19.9. The van der Waals surface area contributed by atoms with Crippen molar-refractivity contribution in [2.24, 2.45) is 0 Å². The fourth-order valence-electron chi connectivity index (χ4n) is 0. The van der Waals surface area contributed by atoms with E-state index >= 15 is 0 Å². The summed E-state index contributed by atoms with van der Waals surface area (Å²) in [5.41, 5.74) is 0. The second-order valence-electron chi connectivity index (χ2n) is 0.167. The Labute approximate surface area is 44.9 Å². The molecule has 0 fully saturated rings. The molecule has 0 aromatic rings. The zero-order valence-electron chi connectivity index (χ0n) is 1.97. The van der Waals surface area contributed by atoms with Crippen LogP contribution in [0.1, 0.15) is 0 Å². The van der Waals surface area contributed by atoms with Crippen LogP contribution in [0.15, 0.2) is 0 Å². The Morgan fingerprint density at radius 2 is 1.25 bits per heavy atom. The minimum atomic E-state index is 0. The van der Waals surface area contributed by atoms with Crippen LogP contribution in [0.2, 0.25) is 0 Å². The van der Waals surface area contributed by atoms with Crippen molar-refractivity contribution >= 4 is 23.5 Å². The molecular formula is HB2PPt. The summed E-state index contributed by atoms with van der Waals surface area (Å²) in [5, 5.41) is 0. The Morgan fingerprint density at radius 3 is 1.25 bits per heavy atom. The first-order valence-electron chi connectivity index (χ1n) is 0.577. The number of hydrogen-bond acceptors (Lipinski definition) is 0. The molecule has 0 nitrogen and oxygen atoms in total. The average Bonchev–Trinajstić information content (AvgIpc) is 0.918. The smallest absolute Gasteiger partial charge is 0.0904 e. The molecule has 4 heteroatoms. The maximum atomic E-state index is 4.65. The van der Waals surface area contributed by atoms with Gasteiger partial charge in [-0.1, -0.05) is 0 Å². The van der Waals surface area contributed by atoms with Crippen LogP contribution in [0.5, 0.6) is 0 Å². The van der Waals surface area contributed by atoms with Gasteiger partial charge < -0.3 is 0 Å². The Balaban J connectivity index is 0. The molecule has 0 aliphatic rings. The van der Waals surface area contributed by atoms with Gasteiger partial charge in [0, 0.05) is 21.1 Å². The van der Waals surface area contributed by atoms with E-state index in [0.29, 0.717) is 0 Å². The molecule has 0 aromatic heterocycles. The minimum Gasteiger partial charge on any atom is -0.217 e. The predicted octanol–water partition coefficient (Wildman–Crippen LogP) is -0.171. The largest absolute Gasteiger partial charge is 0.217 e. The van der Waals surface area contributed by atoms with Gasteiger partial charge >= 0.3 is 0 Å². The average molecular weight is 249 g/mol. The second kappa shape index (κ2) is 8.87. The van der Waals surface area contributed by atoms with Crippen LogP contribution >= 0.6 is 8.34 Å². The topological polar surface area (TPSA) is 0 Å². The van der Waals surface area contributed by atoms with E-state index in [1.165, 1.54) is 0 Å². The molecule has 0 amide bonds. The summed E-state index contributed by atoms with van der Waals surface area (Å²) in [4.78, 5) is 0. The number of hydrogen-bond donors (Lipinski definition) is 0. The summed E-state index contributed by atoms with van der Waals surface area (Å²) >= 11 is 0. The van der Waals surface area contributed by atoms with Crippen LogP contribution in [0.3, 0.4) is 0 Å². The van der Waals surface area contributed by atoms with Gasteiger partial charge in [-0.25, -0.2) is 8.34 Å². The van der Waals surface area contributed by atoms with E-state index in [0.717, 1.165) is 0 Å². The summed E-state index contributed by atoms with van der Waals surface area (Å²) in [6.07, 6.45) is 0. The van der Waals surface area contributed by atoms with E-state index in [4.69, 9.17) is 0 Å². The number of rotatable bonds is 0. The van der Waals surface area contributed by atoms with Crippen molar-refractivity contribution in [2.45, 2.75) is 0 Å². The molecular weight excluding hydrogens is 248 g/mol. The predicted molar refractivity (Wildman–Crippen MR) is 19.8 cm³/mol. The zero-order valence-corrected chi connectivity index (χ0v) is 5.24. The van der Waals surface area contributed by atoms with E-state index in [1.54, 1.807) is 0 Å². The fraction of sp³-hybridized carbons (Fsp3) is 0. The first-order chi connectivity index (χ1) is 1.41. The van der Waals surface area contributed by atoms with Gasteiger partial charge in [0.1, 0.15) is 0 Å². The maximum Gasteiger partial charge on any atom is 0.0904 e. The Hall–Kier alpha value is 1.25. The third-order valence-electron chi connectivity index (χ3n) is 0. The molecule has 0 aliphatic heterocycles. The normalized spacial score (nSPS) is 4.00. The van der Waals surface area contributed by atoms with Gasteiger partial charge in [-0.15, -0.1) is 0 Å². The third-order valence-corrected chi connectivity index (χ3v) is 0. The van der Waals surface area contributed by atoms with Gasteiger partial charge in [-0.05, 0) is 0 Å². The standard InChI is InChI=1S/B2HP.Pt/c1-3-2;/h3H;. The van der Waals surface area contributed by atoms with Crippen LogP contribution in [0.4, 0.5) is 0 Å². The molecule has 0 saturated heterocycles. The Morgan fingerprint density at radius 1 is 1.25 bits per heavy atom. The van der Waals surface area contributed by atoms with Gasteiger partial charge in [0.2, 0.25) is 0 Å². The summed E-state index contributed by atoms with van der Waals surface area (Å²) in [5.74, 6) is 0. The van der Waals surface area contributed by atoms with Gasteiger partial charge in [-0.2, -0.15) is 0 Å². The van der Waals surface area contributed by atoms with Crippen LogP contribution in [-0.4, -0.2) is 15.1 Å². The summed E-state index contributed by atoms with van der Waals surface area (Å²) in [6, 6.07) is 0. The van der Waals surface area contributed by atoms with Crippen LogP contribution in [0.25, 0.3) is 0 Å². The quantitative estimate of drug-likeness (QED) is 0.413. The zero-order chi connectivity index (χ0) is 2.71. The molecule has 0 bridgehead atoms. The molecule has 4 radical (unpaired) electrons. The molecule has 0 N–H and O–H groups in total. The van der Waals surface area contributed by atoms with Crippen molar-refractivity contribution in [3.63, 3.8) is 0 Å². The molecule has 0 aromatic carbocycles. The maximum absolute atomic E-state index is 4.65. The Bertz CT molecular complexity index is 6.00. The van der Waals surface area contributed by atoms with Gasteiger partial charge in [0.05, 0.1) is 15.1 Å². The van der Waals surface area contributed by atoms with Crippen molar-refractivity contribution in [1.82, 2.24) is 0 Å². The van der Waals surface area contributed by atoms with E-state index in [9.17, 15) is 0 Å². The third kappa shape index (κ3) is 10.5. The van der Waals surface area contributed by atoms with Crippen LogP contribution in [-0.2, 0) is 21.1 Å².